The Bertz CT molecular complexity index is 557. The van der Waals surface area contributed by atoms with Crippen LogP contribution in [0.4, 0.5) is 5.69 Å². The number of benzene rings is 1. The van der Waals surface area contributed by atoms with Gasteiger partial charge in [0.1, 0.15) is 0 Å². The summed E-state index contributed by atoms with van der Waals surface area (Å²) in [7, 11) is 1.85. The van der Waals surface area contributed by atoms with Crippen LogP contribution in [0.15, 0.2) is 29.3 Å². The van der Waals surface area contributed by atoms with Crippen LogP contribution in [0.1, 0.15) is 24.8 Å². The molecule has 0 aromatic heterocycles. The quantitative estimate of drug-likeness (QED) is 0.622. The topological polar surface area (TPSA) is 48.9 Å². The summed E-state index contributed by atoms with van der Waals surface area (Å²) in [4.78, 5) is 6.75. The molecule has 2 aliphatic rings. The second-order valence-corrected chi connectivity index (χ2v) is 7.84. The van der Waals surface area contributed by atoms with Crippen molar-refractivity contribution >= 4 is 23.4 Å². The van der Waals surface area contributed by atoms with Gasteiger partial charge >= 0.3 is 0 Å². The first-order valence-corrected chi connectivity index (χ1v) is 10.5. The van der Waals surface area contributed by atoms with Crippen LogP contribution >= 0.6 is 11.8 Å². The number of aliphatic imine (C=N–C) groups is 1. The molecule has 2 fully saturated rings. The number of rotatable bonds is 5. The van der Waals surface area contributed by atoms with Gasteiger partial charge in [0.25, 0.3) is 0 Å². The Hall–Kier alpha value is -1.40. The lowest BCUT2D eigenvalue weighted by Gasteiger charge is -2.29. The third kappa shape index (κ3) is 5.28. The van der Waals surface area contributed by atoms with Gasteiger partial charge in [-0.25, -0.2) is 0 Å². The molecule has 5 nitrogen and oxygen atoms in total. The van der Waals surface area contributed by atoms with E-state index in [-0.39, 0.29) is 0 Å². The summed E-state index contributed by atoms with van der Waals surface area (Å²) in [6.07, 6.45) is 5.98. The normalized spacial score (nSPS) is 24.4. The molecule has 1 saturated heterocycles. The minimum Gasteiger partial charge on any atom is -0.378 e. The third-order valence-electron chi connectivity index (χ3n) is 5.05. The number of hydrogen-bond acceptors (Lipinski definition) is 4. The molecule has 25 heavy (non-hydrogen) atoms. The number of morpholine rings is 1. The summed E-state index contributed by atoms with van der Waals surface area (Å²) in [5.74, 6) is 0.906. The van der Waals surface area contributed by atoms with E-state index >= 15 is 0 Å². The minimum absolute atomic E-state index is 0.548. The second kappa shape index (κ2) is 9.34. The second-order valence-electron chi connectivity index (χ2n) is 6.70. The molecule has 0 spiro atoms. The van der Waals surface area contributed by atoms with E-state index in [0.717, 1.165) is 44.1 Å². The van der Waals surface area contributed by atoms with E-state index in [2.05, 4.69) is 51.0 Å². The Morgan fingerprint density at radius 2 is 2.00 bits per heavy atom. The molecule has 0 radical (unpaired) electrons. The van der Waals surface area contributed by atoms with E-state index in [1.165, 1.54) is 30.5 Å². The molecule has 2 atom stereocenters. The fourth-order valence-electron chi connectivity index (χ4n) is 3.51. The first-order valence-electron chi connectivity index (χ1n) is 9.20. The summed E-state index contributed by atoms with van der Waals surface area (Å²) in [5, 5.41) is 7.80. The maximum absolute atomic E-state index is 5.42. The van der Waals surface area contributed by atoms with Gasteiger partial charge in [0.2, 0.25) is 0 Å². The van der Waals surface area contributed by atoms with Gasteiger partial charge in [-0.05, 0) is 43.2 Å². The van der Waals surface area contributed by atoms with E-state index in [1.54, 1.807) is 0 Å². The van der Waals surface area contributed by atoms with Crippen LogP contribution in [0.2, 0.25) is 0 Å². The predicted molar refractivity (Wildman–Crippen MR) is 108 cm³/mol. The molecule has 6 heteroatoms. The van der Waals surface area contributed by atoms with Crippen LogP contribution in [0.25, 0.3) is 0 Å². The summed E-state index contributed by atoms with van der Waals surface area (Å²) >= 11 is 1.98. The SMILES string of the molecule is CN=C(NCc1ccc(N2CCOCC2)cc1)NC1CCC(SC)C1. The molecule has 1 aliphatic heterocycles. The van der Waals surface area contributed by atoms with E-state index < -0.39 is 0 Å². The van der Waals surface area contributed by atoms with Crippen molar-refractivity contribution in [1.82, 2.24) is 10.6 Å². The zero-order valence-electron chi connectivity index (χ0n) is 15.3. The van der Waals surface area contributed by atoms with Gasteiger partial charge in [-0.2, -0.15) is 11.8 Å². The van der Waals surface area contributed by atoms with E-state index in [9.17, 15) is 0 Å². The number of anilines is 1. The molecule has 3 rings (SSSR count). The maximum Gasteiger partial charge on any atom is 0.191 e. The van der Waals surface area contributed by atoms with Crippen molar-refractivity contribution in [3.05, 3.63) is 29.8 Å². The van der Waals surface area contributed by atoms with Crippen molar-refractivity contribution in [3.8, 4) is 0 Å². The van der Waals surface area contributed by atoms with Crippen LogP contribution < -0.4 is 15.5 Å². The van der Waals surface area contributed by atoms with Gasteiger partial charge in [-0.3, -0.25) is 4.99 Å². The van der Waals surface area contributed by atoms with Gasteiger partial charge in [0.15, 0.2) is 5.96 Å². The molecule has 1 saturated carbocycles. The van der Waals surface area contributed by atoms with Gasteiger partial charge in [0, 0.05) is 43.7 Å². The predicted octanol–water partition coefficient (Wildman–Crippen LogP) is 2.47. The number of guanidine groups is 1. The highest BCUT2D eigenvalue weighted by Crippen LogP contribution is 2.28. The van der Waals surface area contributed by atoms with Gasteiger partial charge in [-0.15, -0.1) is 0 Å². The number of hydrogen-bond donors (Lipinski definition) is 2. The molecular formula is C19H30N4OS. The first kappa shape index (κ1) is 18.4. The number of ether oxygens (including phenoxy) is 1. The fraction of sp³-hybridized carbons (Fsp3) is 0.632. The lowest BCUT2D eigenvalue weighted by Crippen LogP contribution is -2.42. The van der Waals surface area contributed by atoms with Crippen LogP contribution in [0.3, 0.4) is 0 Å². The van der Waals surface area contributed by atoms with Crippen LogP contribution in [-0.2, 0) is 11.3 Å². The highest BCUT2D eigenvalue weighted by Gasteiger charge is 2.24. The van der Waals surface area contributed by atoms with Crippen molar-refractivity contribution in [1.29, 1.82) is 0 Å². The molecular weight excluding hydrogens is 332 g/mol. The molecule has 1 aromatic rings. The number of thioether (sulfide) groups is 1. The van der Waals surface area contributed by atoms with Crippen molar-refractivity contribution in [2.24, 2.45) is 4.99 Å². The maximum atomic E-state index is 5.42. The summed E-state index contributed by atoms with van der Waals surface area (Å²) < 4.78 is 5.42. The molecule has 1 heterocycles. The largest absolute Gasteiger partial charge is 0.378 e. The zero-order valence-corrected chi connectivity index (χ0v) is 16.1. The first-order chi connectivity index (χ1) is 12.3. The van der Waals surface area contributed by atoms with Crippen molar-refractivity contribution < 1.29 is 4.74 Å². The average molecular weight is 363 g/mol. The number of nitrogens with zero attached hydrogens (tertiary/aromatic N) is 2. The number of nitrogens with one attached hydrogen (secondary N) is 2. The van der Waals surface area contributed by atoms with Crippen LogP contribution in [-0.4, -0.2) is 56.9 Å². The summed E-state index contributed by atoms with van der Waals surface area (Å²) in [6, 6.07) is 9.36. The van der Waals surface area contributed by atoms with E-state index in [0.29, 0.717) is 6.04 Å². The Kier molecular flexibility index (Phi) is 6.87. The standard InChI is InChI=1S/C19H30N4OS/c1-20-19(22-16-5-8-18(13-16)25-2)21-14-15-3-6-17(7-4-15)23-9-11-24-12-10-23/h3-4,6-7,16,18H,5,8-14H2,1-2H3,(H2,20,21,22). The van der Waals surface area contributed by atoms with Crippen LogP contribution in [0, 0.1) is 0 Å². The lowest BCUT2D eigenvalue weighted by molar-refractivity contribution is 0.122. The smallest absolute Gasteiger partial charge is 0.191 e. The van der Waals surface area contributed by atoms with E-state index in [4.69, 9.17) is 4.74 Å². The van der Waals surface area contributed by atoms with Gasteiger partial charge < -0.3 is 20.3 Å². The Morgan fingerprint density at radius 3 is 2.64 bits per heavy atom. The molecule has 1 aliphatic carbocycles. The van der Waals surface area contributed by atoms with Crippen molar-refractivity contribution in [3.63, 3.8) is 0 Å². The molecule has 138 valence electrons. The molecule has 1 aromatic carbocycles. The summed E-state index contributed by atoms with van der Waals surface area (Å²) in [6.45, 7) is 4.40. The molecule has 2 N–H and O–H groups in total. The minimum atomic E-state index is 0.548. The molecule has 0 amide bonds. The third-order valence-corrected chi connectivity index (χ3v) is 6.15. The molecule has 0 bridgehead atoms. The zero-order chi connectivity index (χ0) is 17.5. The monoisotopic (exact) mass is 362 g/mol. The Balaban J connectivity index is 1.46. The highest BCUT2D eigenvalue weighted by molar-refractivity contribution is 7.99. The van der Waals surface area contributed by atoms with Crippen molar-refractivity contribution in [2.45, 2.75) is 37.1 Å². The highest BCUT2D eigenvalue weighted by atomic mass is 32.2. The van der Waals surface area contributed by atoms with Crippen LogP contribution in [0.5, 0.6) is 0 Å². The Morgan fingerprint density at radius 1 is 1.24 bits per heavy atom. The lowest BCUT2D eigenvalue weighted by atomic mass is 10.2. The van der Waals surface area contributed by atoms with E-state index in [1.807, 2.05) is 18.8 Å². The van der Waals surface area contributed by atoms with Gasteiger partial charge in [-0.1, -0.05) is 12.1 Å². The fourth-order valence-corrected chi connectivity index (χ4v) is 4.30. The van der Waals surface area contributed by atoms with Crippen molar-refractivity contribution in [2.75, 3.05) is 44.5 Å². The average Bonchev–Trinajstić information content (AvgIpc) is 3.14. The Labute approximate surface area is 155 Å². The molecule has 2 unspecified atom stereocenters. The summed E-state index contributed by atoms with van der Waals surface area (Å²) in [5.41, 5.74) is 2.55. The van der Waals surface area contributed by atoms with Gasteiger partial charge in [0.05, 0.1) is 13.2 Å².